The van der Waals surface area contributed by atoms with E-state index in [4.69, 9.17) is 28.4 Å². The van der Waals surface area contributed by atoms with Crippen LogP contribution in [0, 0.1) is 0 Å². The summed E-state index contributed by atoms with van der Waals surface area (Å²) in [5.41, 5.74) is 0. The van der Waals surface area contributed by atoms with E-state index in [9.17, 15) is 10.2 Å². The summed E-state index contributed by atoms with van der Waals surface area (Å²) in [5.74, 6) is 0. The molecule has 8 nitrogen and oxygen atoms in total. The molecule has 8 atom stereocenters. The van der Waals surface area contributed by atoms with E-state index in [0.29, 0.717) is 26.1 Å². The SMILES string of the molecule is O[C@@H]([C@H]1CC[C@H]([C@H]2CC[C@H]([C@H](O)[C@H]3CO3)OCO2)OCO1)[C@H]1CO1. The highest BCUT2D eigenvalue weighted by Crippen LogP contribution is 2.29. The van der Waals surface area contributed by atoms with Crippen molar-refractivity contribution in [3.8, 4) is 0 Å². The van der Waals surface area contributed by atoms with E-state index in [1.165, 1.54) is 0 Å². The first-order valence-electron chi connectivity index (χ1n) is 8.78. The maximum Gasteiger partial charge on any atom is 0.147 e. The van der Waals surface area contributed by atoms with Gasteiger partial charge in [0.25, 0.3) is 0 Å². The predicted molar refractivity (Wildman–Crippen MR) is 79.2 cm³/mol. The predicted octanol–water partition coefficient (Wildman–Crippen LogP) is -0.451. The number of hydrogen-bond acceptors (Lipinski definition) is 8. The Hall–Kier alpha value is -0.320. The second-order valence-corrected chi connectivity index (χ2v) is 6.94. The molecule has 24 heavy (non-hydrogen) atoms. The summed E-state index contributed by atoms with van der Waals surface area (Å²) in [5, 5.41) is 20.3. The molecule has 0 aromatic carbocycles. The molecule has 0 spiro atoms. The van der Waals surface area contributed by atoms with Gasteiger partial charge in [-0.1, -0.05) is 0 Å². The van der Waals surface area contributed by atoms with Gasteiger partial charge < -0.3 is 38.6 Å². The lowest BCUT2D eigenvalue weighted by Crippen LogP contribution is -2.33. The standard InChI is InChI=1S/C16H26O8/c17-15(13-5-19-13)11-3-1-9(21-7-23-11)10-2-4-12(24-8-22-10)16(18)14-6-20-14/h9-18H,1-8H2/t9-,10-,11-,12-,13-,14-,15+,16+/m1/s1. The van der Waals surface area contributed by atoms with Crippen LogP contribution in [0.3, 0.4) is 0 Å². The topological polar surface area (TPSA) is 102 Å². The third-order valence-corrected chi connectivity index (χ3v) is 5.26. The van der Waals surface area contributed by atoms with E-state index in [1.54, 1.807) is 0 Å². The number of aliphatic hydroxyl groups is 2. The monoisotopic (exact) mass is 346 g/mol. The largest absolute Gasteiger partial charge is 0.388 e. The lowest BCUT2D eigenvalue weighted by atomic mass is 9.97. The summed E-state index contributed by atoms with van der Waals surface area (Å²) in [6.45, 7) is 1.48. The number of rotatable bonds is 5. The zero-order chi connectivity index (χ0) is 16.5. The fourth-order valence-corrected chi connectivity index (χ4v) is 3.53. The normalized spacial score (nSPS) is 45.8. The van der Waals surface area contributed by atoms with Gasteiger partial charge in [0.2, 0.25) is 0 Å². The van der Waals surface area contributed by atoms with Crippen LogP contribution in [-0.4, -0.2) is 85.8 Å². The number of epoxide rings is 2. The quantitative estimate of drug-likeness (QED) is 0.646. The molecule has 0 unspecified atom stereocenters. The summed E-state index contributed by atoms with van der Waals surface area (Å²) in [7, 11) is 0. The summed E-state index contributed by atoms with van der Waals surface area (Å²) < 4.78 is 33.1. The zero-order valence-corrected chi connectivity index (χ0v) is 13.6. The van der Waals surface area contributed by atoms with E-state index in [0.717, 1.165) is 12.8 Å². The van der Waals surface area contributed by atoms with Crippen LogP contribution in [0.25, 0.3) is 0 Å². The first-order chi connectivity index (χ1) is 11.7. The Morgan fingerprint density at radius 3 is 1.33 bits per heavy atom. The van der Waals surface area contributed by atoms with Crippen molar-refractivity contribution in [3.63, 3.8) is 0 Å². The molecule has 4 heterocycles. The van der Waals surface area contributed by atoms with Gasteiger partial charge in [0.15, 0.2) is 0 Å². The Labute approximate surface area is 140 Å². The van der Waals surface area contributed by atoms with Crippen molar-refractivity contribution in [1.29, 1.82) is 0 Å². The molecule has 8 heteroatoms. The van der Waals surface area contributed by atoms with Crippen LogP contribution >= 0.6 is 0 Å². The molecule has 0 saturated carbocycles. The van der Waals surface area contributed by atoms with Crippen molar-refractivity contribution < 1.29 is 38.6 Å². The van der Waals surface area contributed by atoms with Crippen LogP contribution in [0.5, 0.6) is 0 Å². The van der Waals surface area contributed by atoms with Crippen LogP contribution in [0.2, 0.25) is 0 Å². The highest BCUT2D eigenvalue weighted by atomic mass is 16.7. The summed E-state index contributed by atoms with van der Waals surface area (Å²) in [4.78, 5) is 0. The highest BCUT2D eigenvalue weighted by Gasteiger charge is 2.41. The minimum Gasteiger partial charge on any atom is -0.388 e. The Morgan fingerprint density at radius 2 is 0.958 bits per heavy atom. The first-order valence-corrected chi connectivity index (χ1v) is 8.78. The second kappa shape index (κ2) is 7.51. The molecular weight excluding hydrogens is 320 g/mol. The Morgan fingerprint density at radius 1 is 0.542 bits per heavy atom. The maximum atomic E-state index is 10.1. The molecule has 2 N–H and O–H groups in total. The Bertz CT molecular complexity index is 375. The summed E-state index contributed by atoms with van der Waals surface area (Å²) >= 11 is 0. The van der Waals surface area contributed by atoms with Crippen LogP contribution in [-0.2, 0) is 28.4 Å². The molecule has 0 amide bonds. The van der Waals surface area contributed by atoms with Gasteiger partial charge in [-0.25, -0.2) is 0 Å². The molecule has 4 saturated heterocycles. The minimum absolute atomic E-state index is 0.0963. The Balaban J connectivity index is 1.27. The van der Waals surface area contributed by atoms with Gasteiger partial charge >= 0.3 is 0 Å². The zero-order valence-electron chi connectivity index (χ0n) is 13.6. The molecule has 0 radical (unpaired) electrons. The average molecular weight is 346 g/mol. The maximum absolute atomic E-state index is 10.1. The Kier molecular flexibility index (Phi) is 5.35. The average Bonchev–Trinajstić information content (AvgIpc) is 3.47. The molecule has 138 valence electrons. The van der Waals surface area contributed by atoms with Crippen molar-refractivity contribution in [2.24, 2.45) is 0 Å². The molecule has 0 bridgehead atoms. The summed E-state index contributed by atoms with van der Waals surface area (Å²) in [6.07, 6.45) is 0.809. The number of hydrogen-bond donors (Lipinski definition) is 2. The molecule has 4 fully saturated rings. The van der Waals surface area contributed by atoms with Gasteiger partial charge in [0.1, 0.15) is 38.0 Å². The third-order valence-electron chi connectivity index (χ3n) is 5.26. The second-order valence-electron chi connectivity index (χ2n) is 6.94. The highest BCUT2D eigenvalue weighted by molar-refractivity contribution is 4.89. The van der Waals surface area contributed by atoms with Crippen LogP contribution in [0.15, 0.2) is 0 Å². The fourth-order valence-electron chi connectivity index (χ4n) is 3.53. The van der Waals surface area contributed by atoms with E-state index in [1.807, 2.05) is 0 Å². The van der Waals surface area contributed by atoms with Gasteiger partial charge in [0.05, 0.1) is 37.6 Å². The smallest absolute Gasteiger partial charge is 0.147 e. The molecule has 0 aromatic heterocycles. The van der Waals surface area contributed by atoms with Gasteiger partial charge in [-0.3, -0.25) is 0 Å². The number of aliphatic hydroxyl groups excluding tert-OH is 2. The van der Waals surface area contributed by atoms with Crippen LogP contribution in [0.1, 0.15) is 25.7 Å². The molecule has 4 aliphatic rings. The lowest BCUT2D eigenvalue weighted by Gasteiger charge is -2.23. The van der Waals surface area contributed by atoms with Crippen molar-refractivity contribution >= 4 is 0 Å². The van der Waals surface area contributed by atoms with E-state index in [2.05, 4.69) is 0 Å². The molecular formula is C16H26O8. The molecule has 4 rings (SSSR count). The molecule has 0 aliphatic carbocycles. The van der Waals surface area contributed by atoms with Crippen molar-refractivity contribution in [1.82, 2.24) is 0 Å². The fraction of sp³-hybridized carbons (Fsp3) is 1.00. The van der Waals surface area contributed by atoms with E-state index >= 15 is 0 Å². The van der Waals surface area contributed by atoms with Gasteiger partial charge in [-0.15, -0.1) is 0 Å². The third kappa shape index (κ3) is 4.08. The number of ether oxygens (including phenoxy) is 6. The van der Waals surface area contributed by atoms with Crippen molar-refractivity contribution in [3.05, 3.63) is 0 Å². The van der Waals surface area contributed by atoms with E-state index in [-0.39, 0.29) is 50.2 Å². The first kappa shape index (κ1) is 17.1. The van der Waals surface area contributed by atoms with Crippen molar-refractivity contribution in [2.45, 2.75) is 74.5 Å². The summed E-state index contributed by atoms with van der Waals surface area (Å²) in [6, 6.07) is 0. The van der Waals surface area contributed by atoms with Gasteiger partial charge in [-0.2, -0.15) is 0 Å². The van der Waals surface area contributed by atoms with Crippen molar-refractivity contribution in [2.75, 3.05) is 26.8 Å². The van der Waals surface area contributed by atoms with Crippen LogP contribution in [0.4, 0.5) is 0 Å². The van der Waals surface area contributed by atoms with Crippen LogP contribution < -0.4 is 0 Å². The van der Waals surface area contributed by atoms with Gasteiger partial charge in [0, 0.05) is 0 Å². The minimum atomic E-state index is -0.594. The molecule has 0 aromatic rings. The van der Waals surface area contributed by atoms with E-state index < -0.39 is 12.2 Å². The molecule has 4 aliphatic heterocycles. The lowest BCUT2D eigenvalue weighted by molar-refractivity contribution is -0.171. The van der Waals surface area contributed by atoms with Gasteiger partial charge in [-0.05, 0) is 25.7 Å².